The Morgan fingerprint density at radius 3 is 2.90 bits per heavy atom. The lowest BCUT2D eigenvalue weighted by Gasteiger charge is -2.21. The largest absolute Gasteiger partial charge is 0.483 e. The number of aromatic nitrogens is 3. The van der Waals surface area contributed by atoms with Crippen LogP contribution in [0.15, 0.2) is 30.6 Å². The summed E-state index contributed by atoms with van der Waals surface area (Å²) in [6.07, 6.45) is 10.1. The number of hydrogen-bond acceptors (Lipinski definition) is 4. The fraction of sp³-hybridized carbons (Fsp3) is 0.467. The molecule has 5 heteroatoms. The molecule has 20 heavy (non-hydrogen) atoms. The first kappa shape index (κ1) is 13.0. The number of hydrogen-bond donors (Lipinski definition) is 1. The molecule has 0 unspecified atom stereocenters. The monoisotopic (exact) mass is 272 g/mol. The minimum atomic E-state index is 0.416. The van der Waals surface area contributed by atoms with Crippen molar-refractivity contribution in [1.29, 1.82) is 0 Å². The Balaban J connectivity index is 1.61. The molecule has 3 rings (SSSR count). The normalized spacial score (nSPS) is 16.2. The van der Waals surface area contributed by atoms with Crippen molar-refractivity contribution in [3.8, 4) is 5.75 Å². The number of anilines is 1. The molecule has 2 N–H and O–H groups in total. The number of pyridine rings is 1. The van der Waals surface area contributed by atoms with E-state index in [9.17, 15) is 0 Å². The third-order valence-corrected chi connectivity index (χ3v) is 3.79. The Labute approximate surface area is 118 Å². The molecule has 1 aliphatic carbocycles. The molecule has 0 aromatic carbocycles. The molecule has 1 aliphatic rings. The lowest BCUT2D eigenvalue weighted by Crippen LogP contribution is -2.13. The summed E-state index contributed by atoms with van der Waals surface area (Å²) in [5.74, 6) is 1.03. The lowest BCUT2D eigenvalue weighted by atomic mass is 9.96. The lowest BCUT2D eigenvalue weighted by molar-refractivity contribution is 0.291. The van der Waals surface area contributed by atoms with Crippen molar-refractivity contribution in [3.63, 3.8) is 0 Å². The highest BCUT2D eigenvalue weighted by Crippen LogP contribution is 2.27. The zero-order chi connectivity index (χ0) is 13.8. The highest BCUT2D eigenvalue weighted by atomic mass is 16.5. The predicted octanol–water partition coefficient (Wildman–Crippen LogP) is 2.94. The van der Waals surface area contributed by atoms with Crippen molar-refractivity contribution in [2.45, 2.75) is 44.8 Å². The summed E-state index contributed by atoms with van der Waals surface area (Å²) >= 11 is 0. The van der Waals surface area contributed by atoms with Crippen LogP contribution in [0.4, 0.5) is 5.82 Å². The van der Waals surface area contributed by atoms with Crippen LogP contribution in [-0.2, 0) is 6.61 Å². The standard InChI is InChI=1S/C15H20N4O/c16-15-14(7-4-9-17-15)20-11-12-8-10-19(18-12)13-5-2-1-3-6-13/h4,7-10,13H,1-3,5-6,11H2,(H2,16,17). The number of nitrogens with two attached hydrogens (primary N) is 1. The summed E-state index contributed by atoms with van der Waals surface area (Å²) in [7, 11) is 0. The summed E-state index contributed by atoms with van der Waals surface area (Å²) in [6, 6.07) is 6.20. The van der Waals surface area contributed by atoms with Gasteiger partial charge in [-0.15, -0.1) is 0 Å². The van der Waals surface area contributed by atoms with Gasteiger partial charge in [0.15, 0.2) is 11.6 Å². The van der Waals surface area contributed by atoms with Crippen LogP contribution in [0, 0.1) is 0 Å². The number of nitrogen functional groups attached to an aromatic ring is 1. The fourth-order valence-electron chi connectivity index (χ4n) is 2.68. The molecular formula is C15H20N4O. The summed E-state index contributed by atoms with van der Waals surface area (Å²) in [5, 5.41) is 4.61. The van der Waals surface area contributed by atoms with E-state index in [0.717, 1.165) is 5.69 Å². The van der Waals surface area contributed by atoms with Crippen LogP contribution in [0.3, 0.4) is 0 Å². The molecule has 0 aliphatic heterocycles. The molecule has 2 aromatic rings. The van der Waals surface area contributed by atoms with E-state index in [0.29, 0.717) is 24.2 Å². The quantitative estimate of drug-likeness (QED) is 0.929. The Bertz CT molecular complexity index is 561. The average molecular weight is 272 g/mol. The number of rotatable bonds is 4. The van der Waals surface area contributed by atoms with Crippen LogP contribution in [-0.4, -0.2) is 14.8 Å². The van der Waals surface area contributed by atoms with Crippen LogP contribution in [0.5, 0.6) is 5.75 Å². The Kier molecular flexibility index (Phi) is 3.85. The van der Waals surface area contributed by atoms with Crippen LogP contribution >= 0.6 is 0 Å². The van der Waals surface area contributed by atoms with E-state index in [1.54, 1.807) is 6.20 Å². The second kappa shape index (κ2) is 5.94. The van der Waals surface area contributed by atoms with Crippen LogP contribution in [0.25, 0.3) is 0 Å². The molecule has 0 amide bonds. The highest BCUT2D eigenvalue weighted by Gasteiger charge is 2.16. The van der Waals surface area contributed by atoms with E-state index in [2.05, 4.69) is 21.0 Å². The maximum absolute atomic E-state index is 5.75. The molecule has 0 bridgehead atoms. The van der Waals surface area contributed by atoms with Gasteiger partial charge >= 0.3 is 0 Å². The second-order valence-electron chi connectivity index (χ2n) is 5.25. The topological polar surface area (TPSA) is 66.0 Å². The van der Waals surface area contributed by atoms with E-state index in [4.69, 9.17) is 10.5 Å². The van der Waals surface area contributed by atoms with Gasteiger partial charge in [-0.3, -0.25) is 4.68 Å². The molecule has 0 atom stereocenters. The predicted molar refractivity (Wildman–Crippen MR) is 77.3 cm³/mol. The smallest absolute Gasteiger partial charge is 0.166 e. The van der Waals surface area contributed by atoms with Gasteiger partial charge < -0.3 is 10.5 Å². The Morgan fingerprint density at radius 1 is 1.25 bits per heavy atom. The summed E-state index contributed by atoms with van der Waals surface area (Å²) in [5.41, 5.74) is 6.67. The van der Waals surface area contributed by atoms with Gasteiger partial charge in [0, 0.05) is 12.4 Å². The molecule has 106 valence electrons. The zero-order valence-electron chi connectivity index (χ0n) is 11.5. The third kappa shape index (κ3) is 2.92. The van der Waals surface area contributed by atoms with Crippen molar-refractivity contribution in [2.75, 3.05) is 5.73 Å². The minimum Gasteiger partial charge on any atom is -0.483 e. The summed E-state index contributed by atoms with van der Waals surface area (Å²) < 4.78 is 7.75. The van der Waals surface area contributed by atoms with Gasteiger partial charge in [-0.2, -0.15) is 5.10 Å². The van der Waals surface area contributed by atoms with E-state index < -0.39 is 0 Å². The molecule has 0 saturated heterocycles. The van der Waals surface area contributed by atoms with Crippen molar-refractivity contribution in [3.05, 3.63) is 36.3 Å². The summed E-state index contributed by atoms with van der Waals surface area (Å²) in [6.45, 7) is 0.426. The van der Waals surface area contributed by atoms with Gasteiger partial charge in [-0.25, -0.2) is 4.98 Å². The highest BCUT2D eigenvalue weighted by molar-refractivity contribution is 5.44. The first-order chi connectivity index (χ1) is 9.83. The van der Waals surface area contributed by atoms with Gasteiger partial charge in [-0.05, 0) is 31.0 Å². The average Bonchev–Trinajstić information content (AvgIpc) is 2.96. The van der Waals surface area contributed by atoms with Gasteiger partial charge in [0.2, 0.25) is 0 Å². The summed E-state index contributed by atoms with van der Waals surface area (Å²) in [4.78, 5) is 4.00. The van der Waals surface area contributed by atoms with Gasteiger partial charge in [0.05, 0.1) is 11.7 Å². The van der Waals surface area contributed by atoms with Gasteiger partial charge in [0.25, 0.3) is 0 Å². The molecule has 0 spiro atoms. The van der Waals surface area contributed by atoms with Crippen molar-refractivity contribution in [2.24, 2.45) is 0 Å². The van der Waals surface area contributed by atoms with Crippen molar-refractivity contribution < 1.29 is 4.74 Å². The molecule has 1 saturated carbocycles. The number of nitrogens with zero attached hydrogens (tertiary/aromatic N) is 3. The van der Waals surface area contributed by atoms with Crippen molar-refractivity contribution >= 4 is 5.82 Å². The molecular weight excluding hydrogens is 252 g/mol. The van der Waals surface area contributed by atoms with Crippen LogP contribution in [0.1, 0.15) is 43.8 Å². The minimum absolute atomic E-state index is 0.416. The maximum atomic E-state index is 5.75. The van der Waals surface area contributed by atoms with Crippen LogP contribution in [0.2, 0.25) is 0 Å². The molecule has 5 nitrogen and oxygen atoms in total. The van der Waals surface area contributed by atoms with Gasteiger partial charge in [0.1, 0.15) is 6.61 Å². The van der Waals surface area contributed by atoms with Crippen LogP contribution < -0.4 is 10.5 Å². The van der Waals surface area contributed by atoms with Gasteiger partial charge in [-0.1, -0.05) is 19.3 Å². The fourth-order valence-corrected chi connectivity index (χ4v) is 2.68. The van der Waals surface area contributed by atoms with Crippen molar-refractivity contribution in [1.82, 2.24) is 14.8 Å². The first-order valence-electron chi connectivity index (χ1n) is 7.20. The van der Waals surface area contributed by atoms with E-state index in [1.165, 1.54) is 32.1 Å². The number of ether oxygens (including phenoxy) is 1. The van der Waals surface area contributed by atoms with E-state index >= 15 is 0 Å². The molecule has 2 aromatic heterocycles. The zero-order valence-corrected chi connectivity index (χ0v) is 11.5. The van der Waals surface area contributed by atoms with E-state index in [1.807, 2.05) is 18.2 Å². The molecule has 0 radical (unpaired) electrons. The molecule has 2 heterocycles. The second-order valence-corrected chi connectivity index (χ2v) is 5.25. The SMILES string of the molecule is Nc1ncccc1OCc1ccn(C2CCCCC2)n1. The maximum Gasteiger partial charge on any atom is 0.166 e. The Morgan fingerprint density at radius 2 is 2.10 bits per heavy atom. The molecule has 1 fully saturated rings. The first-order valence-corrected chi connectivity index (χ1v) is 7.20. The third-order valence-electron chi connectivity index (χ3n) is 3.79. The van der Waals surface area contributed by atoms with E-state index in [-0.39, 0.29) is 0 Å². The Hall–Kier alpha value is -2.04.